The van der Waals surface area contributed by atoms with Gasteiger partial charge in [0.15, 0.2) is 4.87 Å². The Labute approximate surface area is 147 Å². The monoisotopic (exact) mass is 346 g/mol. The third-order valence-electron chi connectivity index (χ3n) is 5.93. The highest BCUT2D eigenvalue weighted by Gasteiger charge is 2.56. The van der Waals surface area contributed by atoms with Gasteiger partial charge in [-0.3, -0.25) is 9.69 Å². The number of aromatic nitrogens is 1. The molecule has 0 amide bonds. The highest BCUT2D eigenvalue weighted by molar-refractivity contribution is 6.34. The van der Waals surface area contributed by atoms with Crippen LogP contribution in [0.2, 0.25) is 0 Å². The van der Waals surface area contributed by atoms with Gasteiger partial charge in [0.1, 0.15) is 0 Å². The highest BCUT2D eigenvalue weighted by atomic mass is 35.5. The Bertz CT molecular complexity index is 774. The van der Waals surface area contributed by atoms with Crippen LogP contribution in [-0.2, 0) is 9.53 Å². The lowest BCUT2D eigenvalue weighted by Crippen LogP contribution is -2.64. The van der Waals surface area contributed by atoms with Gasteiger partial charge in [0, 0.05) is 35.7 Å². The van der Waals surface area contributed by atoms with Crippen molar-refractivity contribution in [1.29, 1.82) is 0 Å². The summed E-state index contributed by atoms with van der Waals surface area (Å²) in [4.78, 5) is 17.2. The molecule has 4 atom stereocenters. The van der Waals surface area contributed by atoms with Gasteiger partial charge in [-0.15, -0.1) is 11.6 Å². The Hall–Kier alpha value is -1.52. The fraction of sp³-hybridized carbons (Fsp3) is 0.526. The first-order chi connectivity index (χ1) is 11.5. The van der Waals surface area contributed by atoms with E-state index in [4.69, 9.17) is 16.3 Å². The van der Waals surface area contributed by atoms with E-state index in [-0.39, 0.29) is 18.1 Å². The first-order valence-electron chi connectivity index (χ1n) is 8.63. The molecule has 2 aromatic rings. The maximum atomic E-state index is 12.4. The van der Waals surface area contributed by atoms with Crippen molar-refractivity contribution in [2.45, 2.75) is 43.1 Å². The average Bonchev–Trinajstić information content (AvgIpc) is 3.04. The van der Waals surface area contributed by atoms with Crippen LogP contribution in [0, 0.1) is 5.92 Å². The highest BCUT2D eigenvalue weighted by Crippen LogP contribution is 2.49. The van der Waals surface area contributed by atoms with Crippen molar-refractivity contribution in [3.63, 3.8) is 0 Å². The first kappa shape index (κ1) is 16.0. The zero-order chi connectivity index (χ0) is 16.9. The molecule has 128 valence electrons. The molecule has 3 aliphatic rings. The summed E-state index contributed by atoms with van der Waals surface area (Å²) >= 11 is 6.82. The smallest absolute Gasteiger partial charge is 0.328 e. The molecule has 24 heavy (non-hydrogen) atoms. The Morgan fingerprint density at radius 2 is 2.21 bits per heavy atom. The predicted octanol–water partition coefficient (Wildman–Crippen LogP) is 3.86. The molecule has 3 fully saturated rings. The van der Waals surface area contributed by atoms with Crippen LogP contribution in [0.25, 0.3) is 10.9 Å². The Balaban J connectivity index is 1.69. The maximum Gasteiger partial charge on any atom is 0.328 e. The minimum Gasteiger partial charge on any atom is -0.468 e. The maximum absolute atomic E-state index is 12.4. The molecule has 1 aromatic heterocycles. The van der Waals surface area contributed by atoms with Crippen molar-refractivity contribution in [3.05, 3.63) is 36.0 Å². The molecule has 1 N–H and O–H groups in total. The van der Waals surface area contributed by atoms with Gasteiger partial charge in [0.05, 0.1) is 7.11 Å². The number of esters is 1. The number of fused-ring (bicyclic) bond motifs is 4. The van der Waals surface area contributed by atoms with Gasteiger partial charge in [-0.2, -0.15) is 0 Å². The summed E-state index contributed by atoms with van der Waals surface area (Å²) in [7, 11) is 1.43. The minimum absolute atomic E-state index is 0.0280. The van der Waals surface area contributed by atoms with Crippen molar-refractivity contribution < 1.29 is 9.53 Å². The van der Waals surface area contributed by atoms with E-state index in [0.717, 1.165) is 31.3 Å². The van der Waals surface area contributed by atoms with E-state index in [9.17, 15) is 4.79 Å². The molecule has 2 saturated heterocycles. The van der Waals surface area contributed by atoms with Crippen LogP contribution in [-0.4, -0.2) is 40.4 Å². The molecule has 4 unspecified atom stereocenters. The van der Waals surface area contributed by atoms with Crippen LogP contribution in [0.1, 0.15) is 37.8 Å². The average molecular weight is 347 g/mol. The van der Waals surface area contributed by atoms with Gasteiger partial charge in [-0.05, 0) is 43.7 Å². The number of hydrogen-bond donors (Lipinski definition) is 1. The number of rotatable bonds is 3. The largest absolute Gasteiger partial charge is 0.468 e. The quantitative estimate of drug-likeness (QED) is 0.678. The fourth-order valence-corrected chi connectivity index (χ4v) is 5.26. The van der Waals surface area contributed by atoms with E-state index in [2.05, 4.69) is 41.2 Å². The van der Waals surface area contributed by atoms with E-state index in [1.54, 1.807) is 0 Å². The molecule has 1 saturated carbocycles. The van der Waals surface area contributed by atoms with Crippen LogP contribution in [0.4, 0.5) is 0 Å². The third kappa shape index (κ3) is 2.27. The molecule has 0 spiro atoms. The number of methoxy groups -OCH3 is 1. The topological polar surface area (TPSA) is 45.3 Å². The predicted molar refractivity (Wildman–Crippen MR) is 95.1 cm³/mol. The molecule has 1 aliphatic carbocycles. The summed E-state index contributed by atoms with van der Waals surface area (Å²) in [5.41, 5.74) is 2.41. The van der Waals surface area contributed by atoms with Crippen LogP contribution >= 0.6 is 11.6 Å². The summed E-state index contributed by atoms with van der Waals surface area (Å²) in [6.07, 6.45) is 4.91. The van der Waals surface area contributed by atoms with E-state index in [0.29, 0.717) is 5.92 Å². The number of nitrogens with zero attached hydrogens (tertiary/aromatic N) is 1. The SMILES string of the molecule is COC(=O)C1(Cl)CC2CCC1N(C(C)c1c[nH]c3ccccc13)C2. The van der Waals surface area contributed by atoms with Crippen molar-refractivity contribution in [2.75, 3.05) is 13.7 Å². The molecule has 5 heteroatoms. The molecule has 5 rings (SSSR count). The number of hydrogen-bond acceptors (Lipinski definition) is 3. The standard InChI is InChI=1S/C19H23ClN2O2/c1-12(15-10-21-16-6-4-3-5-14(15)16)22-11-13-7-8-17(22)19(20,9-13)18(23)24-2/h3-6,10,12-13,17,21H,7-9,11H2,1-2H3. The number of halogens is 1. The Morgan fingerprint density at radius 1 is 1.42 bits per heavy atom. The Kier molecular flexibility index (Phi) is 3.85. The molecule has 1 aromatic carbocycles. The van der Waals surface area contributed by atoms with Crippen molar-refractivity contribution in [1.82, 2.24) is 9.88 Å². The number of carbonyl (C=O) groups is 1. The van der Waals surface area contributed by atoms with Gasteiger partial charge in [-0.25, -0.2) is 0 Å². The van der Waals surface area contributed by atoms with Crippen molar-refractivity contribution >= 4 is 28.5 Å². The lowest BCUT2D eigenvalue weighted by atomic mass is 9.71. The molecule has 4 nitrogen and oxygen atoms in total. The first-order valence-corrected chi connectivity index (χ1v) is 9.01. The number of para-hydroxylation sites is 1. The lowest BCUT2D eigenvalue weighted by molar-refractivity contribution is -0.152. The third-order valence-corrected chi connectivity index (χ3v) is 6.49. The molecule has 0 radical (unpaired) electrons. The minimum atomic E-state index is -0.906. The number of piperidine rings is 2. The summed E-state index contributed by atoms with van der Waals surface area (Å²) in [6.45, 7) is 3.21. The molecule has 2 aliphatic heterocycles. The number of carbonyl (C=O) groups excluding carboxylic acids is 1. The molecular formula is C19H23ClN2O2. The second-order valence-corrected chi connectivity index (χ2v) is 7.85. The normalized spacial score (nSPS) is 31.3. The number of alkyl halides is 1. The number of aromatic amines is 1. The van der Waals surface area contributed by atoms with Crippen LogP contribution < -0.4 is 0 Å². The zero-order valence-corrected chi connectivity index (χ0v) is 14.8. The summed E-state index contributed by atoms with van der Waals surface area (Å²) in [6, 6.07) is 8.58. The second-order valence-electron chi connectivity index (χ2n) is 7.18. The van der Waals surface area contributed by atoms with Gasteiger partial charge >= 0.3 is 5.97 Å². The van der Waals surface area contributed by atoms with Gasteiger partial charge < -0.3 is 9.72 Å². The van der Waals surface area contributed by atoms with Crippen molar-refractivity contribution in [3.8, 4) is 0 Å². The van der Waals surface area contributed by atoms with E-state index >= 15 is 0 Å². The van der Waals surface area contributed by atoms with E-state index in [1.165, 1.54) is 18.1 Å². The molecule has 3 heterocycles. The number of benzene rings is 1. The summed E-state index contributed by atoms with van der Waals surface area (Å²) < 4.78 is 5.03. The van der Waals surface area contributed by atoms with E-state index in [1.807, 2.05) is 6.07 Å². The van der Waals surface area contributed by atoms with Crippen LogP contribution in [0.3, 0.4) is 0 Å². The Morgan fingerprint density at radius 3 is 2.96 bits per heavy atom. The van der Waals surface area contributed by atoms with E-state index < -0.39 is 4.87 Å². The van der Waals surface area contributed by atoms with Gasteiger partial charge in [0.25, 0.3) is 0 Å². The zero-order valence-electron chi connectivity index (χ0n) is 14.1. The number of ether oxygens (including phenoxy) is 1. The second kappa shape index (κ2) is 5.78. The number of nitrogens with one attached hydrogen (secondary N) is 1. The molecular weight excluding hydrogens is 324 g/mol. The van der Waals surface area contributed by atoms with Crippen molar-refractivity contribution in [2.24, 2.45) is 5.92 Å². The van der Waals surface area contributed by atoms with Crippen LogP contribution in [0.15, 0.2) is 30.5 Å². The molecule has 2 bridgehead atoms. The lowest BCUT2D eigenvalue weighted by Gasteiger charge is -2.54. The summed E-state index contributed by atoms with van der Waals surface area (Å²) in [5, 5.41) is 1.24. The van der Waals surface area contributed by atoms with Gasteiger partial charge in [0.2, 0.25) is 0 Å². The van der Waals surface area contributed by atoms with Crippen LogP contribution in [0.5, 0.6) is 0 Å². The number of H-pyrrole nitrogens is 1. The summed E-state index contributed by atoms with van der Waals surface area (Å²) in [5.74, 6) is 0.175. The van der Waals surface area contributed by atoms with Gasteiger partial charge in [-0.1, -0.05) is 18.2 Å². The fourth-order valence-electron chi connectivity index (χ4n) is 4.73.